The van der Waals surface area contributed by atoms with Crippen molar-refractivity contribution < 1.29 is 0 Å². The second-order valence-corrected chi connectivity index (χ2v) is 7.58. The van der Waals surface area contributed by atoms with Crippen molar-refractivity contribution in [3.63, 3.8) is 0 Å². The largest absolute Gasteiger partial charge is 0.241 e. The van der Waals surface area contributed by atoms with E-state index in [2.05, 4.69) is 55.5 Å². The average Bonchev–Trinajstić information content (AvgIpc) is 3.23. The third-order valence-corrected chi connectivity index (χ3v) is 5.39. The summed E-state index contributed by atoms with van der Waals surface area (Å²) < 4.78 is 2.92. The van der Waals surface area contributed by atoms with Crippen LogP contribution in [0.15, 0.2) is 88.6 Å². The molecule has 0 amide bonds. The molecule has 0 fully saturated rings. The van der Waals surface area contributed by atoms with Gasteiger partial charge >= 0.3 is 0 Å². The number of rotatable bonds is 5. The van der Waals surface area contributed by atoms with Crippen molar-refractivity contribution in [3.05, 3.63) is 89.2 Å². The molecule has 4 nitrogen and oxygen atoms in total. The van der Waals surface area contributed by atoms with Gasteiger partial charge in [-0.1, -0.05) is 52.0 Å². The van der Waals surface area contributed by atoms with Gasteiger partial charge in [0.25, 0.3) is 0 Å². The van der Waals surface area contributed by atoms with Gasteiger partial charge in [-0.3, -0.25) is 0 Å². The third-order valence-electron chi connectivity index (χ3n) is 3.87. The number of nitrogens with zero attached hydrogens (tertiary/aromatic N) is 4. The van der Waals surface area contributed by atoms with E-state index >= 15 is 0 Å². The van der Waals surface area contributed by atoms with Gasteiger partial charge in [0.1, 0.15) is 5.03 Å². The van der Waals surface area contributed by atoms with E-state index < -0.39 is 0 Å². The summed E-state index contributed by atoms with van der Waals surface area (Å²) in [5, 5.41) is 13.9. The van der Waals surface area contributed by atoms with Crippen LogP contribution in [-0.2, 0) is 5.75 Å². The molecule has 0 unspecified atom stereocenters. The molecule has 0 radical (unpaired) electrons. The SMILES string of the molecule is Brc1ccc(CSc2ccc(-c3ccc(-n4cccn4)cc3)nn2)cc1. The predicted octanol–water partition coefficient (Wildman–Crippen LogP) is 5.38. The molecule has 4 aromatic rings. The Hall–Kier alpha value is -2.44. The van der Waals surface area contributed by atoms with Crippen molar-refractivity contribution >= 4 is 27.7 Å². The fraction of sp³-hybridized carbons (Fsp3) is 0.0500. The van der Waals surface area contributed by atoms with Crippen LogP contribution in [0.5, 0.6) is 0 Å². The van der Waals surface area contributed by atoms with Crippen LogP contribution < -0.4 is 0 Å². The van der Waals surface area contributed by atoms with Gasteiger partial charge in [0.15, 0.2) is 0 Å². The van der Waals surface area contributed by atoms with E-state index in [-0.39, 0.29) is 0 Å². The number of thioether (sulfide) groups is 1. The van der Waals surface area contributed by atoms with Gasteiger partial charge < -0.3 is 0 Å². The van der Waals surface area contributed by atoms with Crippen molar-refractivity contribution in [1.29, 1.82) is 0 Å². The summed E-state index contributed by atoms with van der Waals surface area (Å²) in [4.78, 5) is 0. The standard InChI is InChI=1S/C20H15BrN4S/c21-17-6-2-15(3-7-17)14-26-20-11-10-19(23-24-20)16-4-8-18(9-5-16)25-13-1-12-22-25/h1-13H,14H2. The lowest BCUT2D eigenvalue weighted by atomic mass is 10.1. The summed E-state index contributed by atoms with van der Waals surface area (Å²) >= 11 is 5.14. The number of halogens is 1. The molecule has 2 aromatic carbocycles. The van der Waals surface area contributed by atoms with E-state index in [1.807, 2.05) is 53.3 Å². The fourth-order valence-corrected chi connectivity index (χ4v) is 3.53. The summed E-state index contributed by atoms with van der Waals surface area (Å²) in [7, 11) is 0. The van der Waals surface area contributed by atoms with Crippen LogP contribution in [0.25, 0.3) is 16.9 Å². The van der Waals surface area contributed by atoms with E-state index in [0.29, 0.717) is 0 Å². The first kappa shape index (κ1) is 17.0. The Morgan fingerprint density at radius 2 is 1.69 bits per heavy atom. The molecule has 6 heteroatoms. The molecular formula is C20H15BrN4S. The zero-order valence-corrected chi connectivity index (χ0v) is 16.2. The van der Waals surface area contributed by atoms with Crippen LogP contribution in [0.1, 0.15) is 5.56 Å². The maximum atomic E-state index is 4.37. The van der Waals surface area contributed by atoms with Crippen molar-refractivity contribution in [2.75, 3.05) is 0 Å². The van der Waals surface area contributed by atoms with Gasteiger partial charge in [0.2, 0.25) is 0 Å². The molecule has 2 aromatic heterocycles. The van der Waals surface area contributed by atoms with Crippen LogP contribution in [0.4, 0.5) is 0 Å². The highest BCUT2D eigenvalue weighted by atomic mass is 79.9. The second-order valence-electron chi connectivity index (χ2n) is 5.67. The van der Waals surface area contributed by atoms with Crippen LogP contribution in [-0.4, -0.2) is 20.0 Å². The van der Waals surface area contributed by atoms with Crippen molar-refractivity contribution in [3.8, 4) is 16.9 Å². The Bertz CT molecular complexity index is 966. The molecule has 0 atom stereocenters. The van der Waals surface area contributed by atoms with E-state index in [1.54, 1.807) is 18.0 Å². The predicted molar refractivity (Wildman–Crippen MR) is 108 cm³/mol. The fourth-order valence-electron chi connectivity index (χ4n) is 2.50. The maximum absolute atomic E-state index is 4.37. The van der Waals surface area contributed by atoms with Crippen molar-refractivity contribution in [2.24, 2.45) is 0 Å². The van der Waals surface area contributed by atoms with E-state index in [1.165, 1.54) is 5.56 Å². The first-order chi connectivity index (χ1) is 12.8. The molecule has 0 aliphatic carbocycles. The minimum atomic E-state index is 0.866. The molecule has 128 valence electrons. The number of hydrogen-bond acceptors (Lipinski definition) is 4. The van der Waals surface area contributed by atoms with Crippen LogP contribution >= 0.6 is 27.7 Å². The lowest BCUT2D eigenvalue weighted by Gasteiger charge is -2.05. The minimum Gasteiger partial charge on any atom is -0.241 e. The van der Waals surface area contributed by atoms with Crippen LogP contribution in [0, 0.1) is 0 Å². The number of aromatic nitrogens is 4. The minimum absolute atomic E-state index is 0.866. The molecular weight excluding hydrogens is 408 g/mol. The molecule has 0 aliphatic heterocycles. The van der Waals surface area contributed by atoms with Crippen molar-refractivity contribution in [1.82, 2.24) is 20.0 Å². The molecule has 0 N–H and O–H groups in total. The molecule has 4 rings (SSSR count). The Labute approximate surface area is 164 Å². The quantitative estimate of drug-likeness (QED) is 0.404. The van der Waals surface area contributed by atoms with Gasteiger partial charge in [-0.15, -0.1) is 10.2 Å². The Kier molecular flexibility index (Phi) is 5.13. The zero-order chi connectivity index (χ0) is 17.8. The highest BCUT2D eigenvalue weighted by Gasteiger charge is 2.04. The molecule has 26 heavy (non-hydrogen) atoms. The van der Waals surface area contributed by atoms with Gasteiger partial charge in [0, 0.05) is 28.2 Å². The topological polar surface area (TPSA) is 43.6 Å². The van der Waals surface area contributed by atoms with Crippen LogP contribution in [0.2, 0.25) is 0 Å². The molecule has 2 heterocycles. The molecule has 0 bridgehead atoms. The first-order valence-corrected chi connectivity index (χ1v) is 9.87. The molecule has 0 spiro atoms. The summed E-state index contributed by atoms with van der Waals surface area (Å²) in [5.41, 5.74) is 4.19. The second kappa shape index (κ2) is 7.85. The molecule has 0 saturated carbocycles. The molecule has 0 aliphatic rings. The molecule has 0 saturated heterocycles. The average molecular weight is 423 g/mol. The highest BCUT2D eigenvalue weighted by molar-refractivity contribution is 9.10. The number of hydrogen-bond donors (Lipinski definition) is 0. The first-order valence-electron chi connectivity index (χ1n) is 8.09. The lowest BCUT2D eigenvalue weighted by Crippen LogP contribution is -1.94. The summed E-state index contributed by atoms with van der Waals surface area (Å²) in [6, 6.07) is 22.4. The maximum Gasteiger partial charge on any atom is 0.119 e. The summed E-state index contributed by atoms with van der Waals surface area (Å²) in [6.45, 7) is 0. The van der Waals surface area contributed by atoms with Gasteiger partial charge in [-0.05, 0) is 48.0 Å². The van der Waals surface area contributed by atoms with E-state index in [9.17, 15) is 0 Å². The monoisotopic (exact) mass is 422 g/mol. The Balaban J connectivity index is 1.43. The summed E-state index contributed by atoms with van der Waals surface area (Å²) in [6.07, 6.45) is 3.69. The number of benzene rings is 2. The third kappa shape index (κ3) is 4.03. The normalized spacial score (nSPS) is 10.8. The Morgan fingerprint density at radius 1 is 0.885 bits per heavy atom. The van der Waals surface area contributed by atoms with Gasteiger partial charge in [-0.25, -0.2) is 4.68 Å². The smallest absolute Gasteiger partial charge is 0.119 e. The van der Waals surface area contributed by atoms with Crippen molar-refractivity contribution in [2.45, 2.75) is 10.8 Å². The van der Waals surface area contributed by atoms with Crippen LogP contribution in [0.3, 0.4) is 0 Å². The highest BCUT2D eigenvalue weighted by Crippen LogP contribution is 2.24. The van der Waals surface area contributed by atoms with E-state index in [0.717, 1.165) is 32.2 Å². The van der Waals surface area contributed by atoms with E-state index in [4.69, 9.17) is 0 Å². The lowest BCUT2D eigenvalue weighted by molar-refractivity contribution is 0.880. The zero-order valence-electron chi connectivity index (χ0n) is 13.8. The summed E-state index contributed by atoms with van der Waals surface area (Å²) in [5.74, 6) is 0.875. The Morgan fingerprint density at radius 3 is 2.35 bits per heavy atom. The van der Waals surface area contributed by atoms with Gasteiger partial charge in [-0.2, -0.15) is 5.10 Å². The van der Waals surface area contributed by atoms with Gasteiger partial charge in [0.05, 0.1) is 11.4 Å².